The smallest absolute Gasteiger partial charge is 0.0722 e. The molecule has 0 atom stereocenters. The maximum Gasteiger partial charge on any atom is 0.0722 e. The molecule has 19 heavy (non-hydrogen) atoms. The number of hydrogen-bond donors (Lipinski definition) is 1. The number of rotatable bonds is 3. The van der Waals surface area contributed by atoms with Crippen LogP contribution in [0.5, 0.6) is 0 Å². The number of nitrogens with zero attached hydrogens (tertiary/aromatic N) is 3. The van der Waals surface area contributed by atoms with Crippen LogP contribution >= 0.6 is 0 Å². The predicted octanol–water partition coefficient (Wildman–Crippen LogP) is 1.90. The van der Waals surface area contributed by atoms with Gasteiger partial charge in [0.15, 0.2) is 0 Å². The van der Waals surface area contributed by atoms with Crippen molar-refractivity contribution in [3.63, 3.8) is 0 Å². The van der Waals surface area contributed by atoms with Crippen molar-refractivity contribution in [1.29, 1.82) is 0 Å². The van der Waals surface area contributed by atoms with Crippen LogP contribution < -0.4 is 5.32 Å². The number of hydrogen-bond acceptors (Lipinski definition) is 3. The zero-order chi connectivity index (χ0) is 14.0. The van der Waals surface area contributed by atoms with E-state index in [0.717, 1.165) is 6.54 Å². The lowest BCUT2D eigenvalue weighted by atomic mass is 9.89. The molecule has 0 radical (unpaired) electrons. The fourth-order valence-electron chi connectivity index (χ4n) is 2.77. The summed E-state index contributed by atoms with van der Waals surface area (Å²) in [6, 6.07) is 0.657. The molecule has 4 heteroatoms. The van der Waals surface area contributed by atoms with Gasteiger partial charge in [-0.3, -0.25) is 4.68 Å². The number of aryl methyl sites for hydroxylation is 1. The Morgan fingerprint density at radius 2 is 1.89 bits per heavy atom. The van der Waals surface area contributed by atoms with Gasteiger partial charge in [0.1, 0.15) is 0 Å². The average Bonchev–Trinajstić information content (AvgIpc) is 2.70. The highest BCUT2D eigenvalue weighted by molar-refractivity contribution is 5.23. The van der Waals surface area contributed by atoms with E-state index in [1.165, 1.54) is 37.2 Å². The Morgan fingerprint density at radius 1 is 1.26 bits per heavy atom. The van der Waals surface area contributed by atoms with Crippen LogP contribution in [0.1, 0.15) is 44.9 Å². The van der Waals surface area contributed by atoms with E-state index in [9.17, 15) is 0 Å². The van der Waals surface area contributed by atoms with Crippen molar-refractivity contribution in [3.05, 3.63) is 17.5 Å². The summed E-state index contributed by atoms with van der Waals surface area (Å²) in [6.45, 7) is 10.0. The average molecular weight is 264 g/mol. The molecule has 4 nitrogen and oxygen atoms in total. The Hall–Kier alpha value is -0.870. The monoisotopic (exact) mass is 264 g/mol. The first-order chi connectivity index (χ1) is 8.86. The van der Waals surface area contributed by atoms with Crippen LogP contribution in [0.4, 0.5) is 0 Å². The summed E-state index contributed by atoms with van der Waals surface area (Å²) >= 11 is 0. The molecule has 0 saturated carbocycles. The number of nitrogens with one attached hydrogen (secondary N) is 1. The molecule has 0 unspecified atom stereocenters. The molecule has 1 N–H and O–H groups in total. The standard InChI is InChI=1S/C15H28N4/c1-15(2,3)14-12(11-19(5)17-14)10-16-13-6-8-18(4)9-7-13/h11,13,16H,6-10H2,1-5H3. The predicted molar refractivity (Wildman–Crippen MR) is 79.3 cm³/mol. The molecule has 1 aromatic rings. The molecular formula is C15H28N4. The summed E-state index contributed by atoms with van der Waals surface area (Å²) in [6.07, 6.45) is 4.66. The third kappa shape index (κ3) is 3.80. The van der Waals surface area contributed by atoms with E-state index in [-0.39, 0.29) is 5.41 Å². The van der Waals surface area contributed by atoms with Crippen molar-refractivity contribution in [2.24, 2.45) is 7.05 Å². The number of aromatic nitrogens is 2. The lowest BCUT2D eigenvalue weighted by Crippen LogP contribution is -2.40. The van der Waals surface area contributed by atoms with Crippen LogP contribution in [0.15, 0.2) is 6.20 Å². The second-order valence-electron chi connectivity index (χ2n) is 6.89. The normalized spacial score (nSPS) is 19.0. The minimum absolute atomic E-state index is 0.116. The second kappa shape index (κ2) is 5.63. The summed E-state index contributed by atoms with van der Waals surface area (Å²) < 4.78 is 1.94. The van der Waals surface area contributed by atoms with E-state index in [1.807, 2.05) is 11.7 Å². The van der Waals surface area contributed by atoms with Gasteiger partial charge >= 0.3 is 0 Å². The molecule has 0 bridgehead atoms. The van der Waals surface area contributed by atoms with Gasteiger partial charge < -0.3 is 10.2 Å². The van der Waals surface area contributed by atoms with Gasteiger partial charge in [-0.05, 0) is 33.0 Å². The fourth-order valence-corrected chi connectivity index (χ4v) is 2.77. The van der Waals surface area contributed by atoms with Crippen molar-refractivity contribution >= 4 is 0 Å². The van der Waals surface area contributed by atoms with Crippen molar-refractivity contribution < 1.29 is 0 Å². The van der Waals surface area contributed by atoms with E-state index in [2.05, 4.69) is 49.3 Å². The number of piperidine rings is 1. The summed E-state index contributed by atoms with van der Waals surface area (Å²) in [5.41, 5.74) is 2.68. The van der Waals surface area contributed by atoms with Crippen LogP contribution in [-0.2, 0) is 19.0 Å². The maximum absolute atomic E-state index is 4.63. The van der Waals surface area contributed by atoms with Crippen molar-refractivity contribution in [2.45, 2.75) is 51.6 Å². The number of likely N-dealkylation sites (tertiary alicyclic amines) is 1. The molecule has 108 valence electrons. The van der Waals surface area contributed by atoms with Gasteiger partial charge in [-0.15, -0.1) is 0 Å². The van der Waals surface area contributed by atoms with E-state index < -0.39 is 0 Å². The van der Waals surface area contributed by atoms with Gasteiger partial charge in [-0.25, -0.2) is 0 Å². The summed E-state index contributed by atoms with van der Waals surface area (Å²) in [5.74, 6) is 0. The van der Waals surface area contributed by atoms with Gasteiger partial charge in [0.05, 0.1) is 5.69 Å². The van der Waals surface area contributed by atoms with Crippen molar-refractivity contribution in [3.8, 4) is 0 Å². The Morgan fingerprint density at radius 3 is 2.47 bits per heavy atom. The lowest BCUT2D eigenvalue weighted by Gasteiger charge is -2.29. The van der Waals surface area contributed by atoms with Crippen LogP contribution in [0, 0.1) is 0 Å². The largest absolute Gasteiger partial charge is 0.310 e. The minimum Gasteiger partial charge on any atom is -0.310 e. The van der Waals surface area contributed by atoms with E-state index in [4.69, 9.17) is 0 Å². The second-order valence-corrected chi connectivity index (χ2v) is 6.89. The fraction of sp³-hybridized carbons (Fsp3) is 0.800. The first kappa shape index (κ1) is 14.5. The SMILES string of the molecule is CN1CCC(NCc2cn(C)nc2C(C)(C)C)CC1. The van der Waals surface area contributed by atoms with Gasteiger partial charge in [-0.1, -0.05) is 20.8 Å². The topological polar surface area (TPSA) is 33.1 Å². The molecule has 1 aliphatic rings. The summed E-state index contributed by atoms with van der Waals surface area (Å²) in [4.78, 5) is 2.41. The Labute approximate surface area is 117 Å². The van der Waals surface area contributed by atoms with E-state index >= 15 is 0 Å². The molecule has 0 aromatic carbocycles. The van der Waals surface area contributed by atoms with Gasteiger partial charge in [0, 0.05) is 36.8 Å². The Balaban J connectivity index is 1.96. The Bertz CT molecular complexity index is 408. The highest BCUT2D eigenvalue weighted by Gasteiger charge is 2.23. The molecule has 1 aromatic heterocycles. The van der Waals surface area contributed by atoms with E-state index in [1.54, 1.807) is 0 Å². The molecular weight excluding hydrogens is 236 g/mol. The van der Waals surface area contributed by atoms with Crippen LogP contribution in [0.3, 0.4) is 0 Å². The zero-order valence-corrected chi connectivity index (χ0v) is 13.0. The lowest BCUT2D eigenvalue weighted by molar-refractivity contribution is 0.234. The van der Waals surface area contributed by atoms with Crippen LogP contribution in [0.2, 0.25) is 0 Å². The highest BCUT2D eigenvalue weighted by atomic mass is 15.3. The van der Waals surface area contributed by atoms with Gasteiger partial charge in [0.2, 0.25) is 0 Å². The summed E-state index contributed by atoms with van der Waals surface area (Å²) in [5, 5.41) is 8.33. The van der Waals surface area contributed by atoms with E-state index in [0.29, 0.717) is 6.04 Å². The zero-order valence-electron chi connectivity index (χ0n) is 13.0. The molecule has 1 saturated heterocycles. The minimum atomic E-state index is 0.116. The van der Waals surface area contributed by atoms with Gasteiger partial charge in [0.25, 0.3) is 0 Å². The molecule has 2 heterocycles. The highest BCUT2D eigenvalue weighted by Crippen LogP contribution is 2.24. The molecule has 0 aliphatic carbocycles. The van der Waals surface area contributed by atoms with Crippen molar-refractivity contribution in [2.75, 3.05) is 20.1 Å². The molecule has 1 aliphatic heterocycles. The molecule has 1 fully saturated rings. The molecule has 0 amide bonds. The summed E-state index contributed by atoms with van der Waals surface area (Å²) in [7, 11) is 4.21. The van der Waals surface area contributed by atoms with Crippen molar-refractivity contribution in [1.82, 2.24) is 20.0 Å². The van der Waals surface area contributed by atoms with Crippen LogP contribution in [0.25, 0.3) is 0 Å². The first-order valence-corrected chi connectivity index (χ1v) is 7.31. The third-order valence-corrected chi connectivity index (χ3v) is 3.91. The first-order valence-electron chi connectivity index (χ1n) is 7.31. The van der Waals surface area contributed by atoms with Gasteiger partial charge in [-0.2, -0.15) is 5.10 Å². The molecule has 0 spiro atoms. The third-order valence-electron chi connectivity index (χ3n) is 3.91. The maximum atomic E-state index is 4.63. The molecule has 2 rings (SSSR count). The van der Waals surface area contributed by atoms with Crippen LogP contribution in [-0.4, -0.2) is 40.9 Å². The quantitative estimate of drug-likeness (QED) is 0.905. The Kier molecular flexibility index (Phi) is 4.31.